The summed E-state index contributed by atoms with van der Waals surface area (Å²) < 4.78 is 5.93. The van der Waals surface area contributed by atoms with Gasteiger partial charge in [0.25, 0.3) is 0 Å². The molecule has 0 saturated heterocycles. The molecule has 0 aliphatic rings. The molecule has 63 heavy (non-hydrogen) atoms. The molecular weight excluding hydrogens is 779 g/mol. The summed E-state index contributed by atoms with van der Waals surface area (Å²) in [5, 5.41) is 23.8. The number of aliphatic hydroxyl groups excluding tert-OH is 2. The van der Waals surface area contributed by atoms with Gasteiger partial charge in [0.05, 0.1) is 25.2 Å². The topological polar surface area (TPSA) is 95.9 Å². The molecule has 3 unspecified atom stereocenters. The first-order valence-electron chi connectivity index (χ1n) is 27.4. The second-order valence-corrected chi connectivity index (χ2v) is 18.7. The Morgan fingerprint density at radius 1 is 0.460 bits per heavy atom. The lowest BCUT2D eigenvalue weighted by atomic mass is 10.0. The number of hydrogen-bond acceptors (Lipinski definition) is 5. The standard InChI is InChI=1S/C57H105NO5/c1-4-7-10-13-16-19-22-25-27-29-31-33-36-39-42-45-48-53(63-57(62)50-47-44-41-38-35-32-28-26-23-20-17-14-11-8-5-2)51-56(61)58-54(52-59)55(60)49-46-43-40-37-34-30-24-21-18-15-12-9-6-3/h20,22-23,25,27,29,31,33,53-55,59-60H,4-19,21,24,26,28,30,32,34-52H2,1-3H3,(H,58,61)/b23-20-,25-22+,29-27+,33-31+. The molecule has 0 aliphatic heterocycles. The number of amides is 1. The van der Waals surface area contributed by atoms with E-state index in [2.05, 4.69) is 74.7 Å². The van der Waals surface area contributed by atoms with E-state index in [0.717, 1.165) is 70.6 Å². The molecule has 0 radical (unpaired) electrons. The maximum absolute atomic E-state index is 13.2. The van der Waals surface area contributed by atoms with Gasteiger partial charge in [0, 0.05) is 6.42 Å². The number of allylic oxidation sites excluding steroid dienone is 8. The van der Waals surface area contributed by atoms with E-state index in [-0.39, 0.29) is 24.9 Å². The van der Waals surface area contributed by atoms with E-state index >= 15 is 0 Å². The third-order valence-electron chi connectivity index (χ3n) is 12.4. The van der Waals surface area contributed by atoms with Gasteiger partial charge in [0.2, 0.25) is 5.91 Å². The molecule has 0 rings (SSSR count). The molecule has 0 spiro atoms. The zero-order chi connectivity index (χ0) is 45.9. The Balaban J connectivity index is 4.65. The summed E-state index contributed by atoms with van der Waals surface area (Å²) in [6.07, 6.45) is 61.7. The molecule has 0 aromatic rings. The van der Waals surface area contributed by atoms with Gasteiger partial charge in [0.15, 0.2) is 0 Å². The molecule has 0 bridgehead atoms. The number of nitrogens with one attached hydrogen (secondary N) is 1. The lowest BCUT2D eigenvalue weighted by Crippen LogP contribution is -2.46. The minimum absolute atomic E-state index is 0.0543. The quantitative estimate of drug-likeness (QED) is 0.0245. The Kier molecular flexibility index (Phi) is 49.1. The van der Waals surface area contributed by atoms with Crippen LogP contribution in [0.4, 0.5) is 0 Å². The second-order valence-electron chi connectivity index (χ2n) is 18.7. The molecule has 0 saturated carbocycles. The molecule has 0 heterocycles. The molecule has 0 fully saturated rings. The number of unbranched alkanes of at least 4 members (excludes halogenated alkanes) is 31. The molecule has 3 N–H and O–H groups in total. The molecule has 1 amide bonds. The summed E-state index contributed by atoms with van der Waals surface area (Å²) in [4.78, 5) is 26.2. The van der Waals surface area contributed by atoms with Gasteiger partial charge in [-0.3, -0.25) is 9.59 Å². The predicted octanol–water partition coefficient (Wildman–Crippen LogP) is 16.6. The van der Waals surface area contributed by atoms with Crippen LogP contribution >= 0.6 is 0 Å². The van der Waals surface area contributed by atoms with Crippen LogP contribution in [0.1, 0.15) is 278 Å². The second kappa shape index (κ2) is 50.8. The average molecular weight is 884 g/mol. The van der Waals surface area contributed by atoms with Crippen molar-refractivity contribution in [3.05, 3.63) is 48.6 Å². The van der Waals surface area contributed by atoms with Gasteiger partial charge in [-0.1, -0.05) is 236 Å². The summed E-state index contributed by atoms with van der Waals surface area (Å²) in [6.45, 7) is 6.46. The predicted molar refractivity (Wildman–Crippen MR) is 273 cm³/mol. The van der Waals surface area contributed by atoms with Crippen molar-refractivity contribution in [3.8, 4) is 0 Å². The van der Waals surface area contributed by atoms with Crippen LogP contribution in [-0.2, 0) is 14.3 Å². The van der Waals surface area contributed by atoms with Crippen LogP contribution in [0.25, 0.3) is 0 Å². The first kappa shape index (κ1) is 60.8. The van der Waals surface area contributed by atoms with Crippen molar-refractivity contribution in [2.24, 2.45) is 0 Å². The molecular formula is C57H105NO5. The van der Waals surface area contributed by atoms with Crippen LogP contribution in [0.2, 0.25) is 0 Å². The van der Waals surface area contributed by atoms with Gasteiger partial charge in [-0.2, -0.15) is 0 Å². The number of carbonyl (C=O) groups excluding carboxylic acids is 2. The molecule has 0 aromatic heterocycles. The van der Waals surface area contributed by atoms with Crippen LogP contribution < -0.4 is 5.32 Å². The van der Waals surface area contributed by atoms with Gasteiger partial charge >= 0.3 is 5.97 Å². The van der Waals surface area contributed by atoms with E-state index in [0.29, 0.717) is 19.3 Å². The van der Waals surface area contributed by atoms with Gasteiger partial charge in [-0.15, -0.1) is 0 Å². The van der Waals surface area contributed by atoms with E-state index in [9.17, 15) is 19.8 Å². The third kappa shape index (κ3) is 46.2. The van der Waals surface area contributed by atoms with Gasteiger partial charge in [0.1, 0.15) is 6.10 Å². The van der Waals surface area contributed by atoms with Crippen LogP contribution in [0.5, 0.6) is 0 Å². The van der Waals surface area contributed by atoms with Crippen molar-refractivity contribution in [3.63, 3.8) is 0 Å². The Bertz CT molecular complexity index is 1080. The van der Waals surface area contributed by atoms with Crippen molar-refractivity contribution in [1.29, 1.82) is 0 Å². The van der Waals surface area contributed by atoms with Crippen LogP contribution in [0, 0.1) is 0 Å². The minimum atomic E-state index is -0.797. The lowest BCUT2D eigenvalue weighted by molar-refractivity contribution is -0.151. The van der Waals surface area contributed by atoms with Crippen LogP contribution in [0.15, 0.2) is 48.6 Å². The van der Waals surface area contributed by atoms with Gasteiger partial charge in [-0.25, -0.2) is 0 Å². The minimum Gasteiger partial charge on any atom is -0.462 e. The largest absolute Gasteiger partial charge is 0.462 e. The van der Waals surface area contributed by atoms with Crippen molar-refractivity contribution >= 4 is 11.9 Å². The lowest BCUT2D eigenvalue weighted by Gasteiger charge is -2.24. The number of esters is 1. The summed E-state index contributed by atoms with van der Waals surface area (Å²) in [6, 6.07) is -0.713. The van der Waals surface area contributed by atoms with Gasteiger partial charge < -0.3 is 20.3 Å². The maximum atomic E-state index is 13.2. The highest BCUT2D eigenvalue weighted by Gasteiger charge is 2.24. The zero-order valence-electron chi connectivity index (χ0n) is 42.0. The molecule has 0 aromatic carbocycles. The smallest absolute Gasteiger partial charge is 0.306 e. The first-order chi connectivity index (χ1) is 31.0. The van der Waals surface area contributed by atoms with Crippen molar-refractivity contribution in [2.75, 3.05) is 6.61 Å². The van der Waals surface area contributed by atoms with Crippen molar-refractivity contribution in [2.45, 2.75) is 296 Å². The van der Waals surface area contributed by atoms with Crippen LogP contribution in [0.3, 0.4) is 0 Å². The third-order valence-corrected chi connectivity index (χ3v) is 12.4. The number of rotatable bonds is 49. The fraction of sp³-hybridized carbons (Fsp3) is 0.825. The summed E-state index contributed by atoms with van der Waals surface area (Å²) in [5.41, 5.74) is 0. The highest BCUT2D eigenvalue weighted by molar-refractivity contribution is 5.77. The highest BCUT2D eigenvalue weighted by Crippen LogP contribution is 2.18. The SMILES string of the molecule is CCCCCC/C=C\CCCCCCCCCC(=O)OC(CCCCC/C=C/C=C/C=C/CCCCCCC)CC(=O)NC(CO)C(O)CCCCCCCCCCCCCCC. The Morgan fingerprint density at radius 3 is 1.29 bits per heavy atom. The molecule has 368 valence electrons. The maximum Gasteiger partial charge on any atom is 0.306 e. The monoisotopic (exact) mass is 884 g/mol. The van der Waals surface area contributed by atoms with E-state index in [1.807, 2.05) is 0 Å². The zero-order valence-corrected chi connectivity index (χ0v) is 42.0. The molecule has 3 atom stereocenters. The molecule has 6 heteroatoms. The molecule has 6 nitrogen and oxygen atoms in total. The van der Waals surface area contributed by atoms with Gasteiger partial charge in [-0.05, 0) is 77.0 Å². The Morgan fingerprint density at radius 2 is 0.825 bits per heavy atom. The van der Waals surface area contributed by atoms with Crippen molar-refractivity contribution in [1.82, 2.24) is 5.32 Å². The summed E-state index contributed by atoms with van der Waals surface area (Å²) >= 11 is 0. The number of aliphatic hydroxyl groups is 2. The van der Waals surface area contributed by atoms with E-state index in [1.54, 1.807) is 0 Å². The normalized spacial score (nSPS) is 13.5. The van der Waals surface area contributed by atoms with Crippen LogP contribution in [-0.4, -0.2) is 46.9 Å². The number of ether oxygens (including phenoxy) is 1. The fourth-order valence-corrected chi connectivity index (χ4v) is 8.25. The average Bonchev–Trinajstić information content (AvgIpc) is 3.28. The fourth-order valence-electron chi connectivity index (χ4n) is 8.25. The first-order valence-corrected chi connectivity index (χ1v) is 27.4. The summed E-state index contributed by atoms with van der Waals surface area (Å²) in [7, 11) is 0. The van der Waals surface area contributed by atoms with E-state index < -0.39 is 18.2 Å². The summed E-state index contributed by atoms with van der Waals surface area (Å²) in [5.74, 6) is -0.505. The highest BCUT2D eigenvalue weighted by atomic mass is 16.5. The molecule has 0 aliphatic carbocycles. The number of hydrogen-bond donors (Lipinski definition) is 3. The number of carbonyl (C=O) groups is 2. The van der Waals surface area contributed by atoms with E-state index in [4.69, 9.17) is 4.74 Å². The Hall–Kier alpha value is -2.18. The van der Waals surface area contributed by atoms with E-state index in [1.165, 1.54) is 161 Å². The van der Waals surface area contributed by atoms with Crippen molar-refractivity contribution < 1.29 is 24.5 Å². The Labute approximate surface area is 391 Å².